The van der Waals surface area contributed by atoms with Crippen LogP contribution in [0.3, 0.4) is 0 Å². The van der Waals surface area contributed by atoms with Gasteiger partial charge in [-0.25, -0.2) is 14.4 Å². The van der Waals surface area contributed by atoms with Crippen LogP contribution in [0.2, 0.25) is 0 Å². The van der Waals surface area contributed by atoms with Gasteiger partial charge >= 0.3 is 0 Å². The fraction of sp³-hybridized carbons (Fsp3) is 0.200. The van der Waals surface area contributed by atoms with E-state index < -0.39 is 11.7 Å². The van der Waals surface area contributed by atoms with Crippen LogP contribution >= 0.6 is 0 Å². The largest absolute Gasteiger partial charge is 0.383 e. The molecule has 0 aliphatic heterocycles. The quantitative estimate of drug-likeness (QED) is 0.790. The fourth-order valence-electron chi connectivity index (χ4n) is 1.35. The van der Waals surface area contributed by atoms with E-state index in [0.29, 0.717) is 5.82 Å². The Morgan fingerprint density at radius 1 is 1.56 bits per heavy atom. The van der Waals surface area contributed by atoms with E-state index >= 15 is 0 Å². The number of hydrogen-bond donors (Lipinski definition) is 2. The lowest BCUT2D eigenvalue weighted by Crippen LogP contribution is -2.25. The number of rotatable bonds is 3. The normalized spacial score (nSPS) is 10.3. The van der Waals surface area contributed by atoms with Crippen LogP contribution in [0.4, 0.5) is 10.2 Å². The Bertz CT molecular complexity index is 581. The molecule has 1 amide bonds. The topological polar surface area (TPSA) is 98.7 Å². The van der Waals surface area contributed by atoms with Gasteiger partial charge in [-0.2, -0.15) is 5.10 Å². The Balaban J connectivity index is 2.05. The zero-order valence-electron chi connectivity index (χ0n) is 9.59. The van der Waals surface area contributed by atoms with Crippen molar-refractivity contribution in [3.8, 4) is 0 Å². The first-order valence-corrected chi connectivity index (χ1v) is 5.10. The van der Waals surface area contributed by atoms with Crippen molar-refractivity contribution < 1.29 is 9.18 Å². The summed E-state index contributed by atoms with van der Waals surface area (Å²) in [4.78, 5) is 19.2. The van der Waals surface area contributed by atoms with Crippen molar-refractivity contribution in [2.75, 3.05) is 5.73 Å². The smallest absolute Gasteiger partial charge is 0.255 e. The summed E-state index contributed by atoms with van der Waals surface area (Å²) < 4.78 is 14.5. The SMILES string of the molecule is Cn1cnc(CNC(=O)c2cc(F)cnc2N)n1. The molecule has 7 nitrogen and oxygen atoms in total. The summed E-state index contributed by atoms with van der Waals surface area (Å²) in [6, 6.07) is 1.03. The maximum Gasteiger partial charge on any atom is 0.255 e. The van der Waals surface area contributed by atoms with Gasteiger partial charge < -0.3 is 11.1 Å². The molecule has 94 valence electrons. The maximum absolute atomic E-state index is 12.9. The third-order valence-electron chi connectivity index (χ3n) is 2.18. The Kier molecular flexibility index (Phi) is 3.18. The van der Waals surface area contributed by atoms with Crippen molar-refractivity contribution in [2.24, 2.45) is 7.05 Å². The Morgan fingerprint density at radius 2 is 2.33 bits per heavy atom. The molecule has 18 heavy (non-hydrogen) atoms. The monoisotopic (exact) mass is 250 g/mol. The Morgan fingerprint density at radius 3 is 3.00 bits per heavy atom. The van der Waals surface area contributed by atoms with Crippen LogP contribution in [-0.4, -0.2) is 25.7 Å². The number of nitrogen functional groups attached to an aromatic ring is 1. The average Bonchev–Trinajstić information content (AvgIpc) is 2.75. The minimum absolute atomic E-state index is 0.00840. The van der Waals surface area contributed by atoms with E-state index in [2.05, 4.69) is 20.4 Å². The van der Waals surface area contributed by atoms with Crippen LogP contribution in [0.1, 0.15) is 16.2 Å². The predicted molar refractivity (Wildman–Crippen MR) is 60.8 cm³/mol. The fourth-order valence-corrected chi connectivity index (χ4v) is 1.35. The maximum atomic E-state index is 12.9. The molecule has 0 aliphatic rings. The van der Waals surface area contributed by atoms with Crippen molar-refractivity contribution in [3.05, 3.63) is 35.8 Å². The summed E-state index contributed by atoms with van der Waals surface area (Å²) in [6.45, 7) is 0.135. The van der Waals surface area contributed by atoms with Gasteiger partial charge in [0.1, 0.15) is 18.0 Å². The van der Waals surface area contributed by atoms with Crippen LogP contribution < -0.4 is 11.1 Å². The molecule has 0 aromatic carbocycles. The summed E-state index contributed by atoms with van der Waals surface area (Å²) in [5, 5.41) is 6.52. The van der Waals surface area contributed by atoms with Crippen LogP contribution in [-0.2, 0) is 13.6 Å². The van der Waals surface area contributed by atoms with Gasteiger partial charge in [0.2, 0.25) is 0 Å². The van der Waals surface area contributed by atoms with Crippen molar-refractivity contribution in [3.63, 3.8) is 0 Å². The molecule has 0 aliphatic carbocycles. The van der Waals surface area contributed by atoms with Crippen molar-refractivity contribution >= 4 is 11.7 Å². The summed E-state index contributed by atoms with van der Waals surface area (Å²) in [7, 11) is 1.72. The highest BCUT2D eigenvalue weighted by Gasteiger charge is 2.12. The minimum Gasteiger partial charge on any atom is -0.383 e. The van der Waals surface area contributed by atoms with Gasteiger partial charge in [-0.3, -0.25) is 9.48 Å². The van der Waals surface area contributed by atoms with Crippen LogP contribution in [0.15, 0.2) is 18.6 Å². The lowest BCUT2D eigenvalue weighted by Gasteiger charge is -2.05. The lowest BCUT2D eigenvalue weighted by atomic mass is 10.2. The van der Waals surface area contributed by atoms with Gasteiger partial charge in [0.25, 0.3) is 5.91 Å². The number of carbonyl (C=O) groups is 1. The van der Waals surface area contributed by atoms with Gasteiger partial charge in [0, 0.05) is 7.05 Å². The molecule has 0 radical (unpaired) electrons. The van der Waals surface area contributed by atoms with E-state index in [-0.39, 0.29) is 17.9 Å². The number of nitrogens with two attached hydrogens (primary N) is 1. The third kappa shape index (κ3) is 2.59. The molecule has 0 saturated heterocycles. The second-order valence-electron chi connectivity index (χ2n) is 3.60. The van der Waals surface area contributed by atoms with Gasteiger partial charge in [-0.15, -0.1) is 0 Å². The molecule has 0 bridgehead atoms. The van der Waals surface area contributed by atoms with Crippen LogP contribution in [0.5, 0.6) is 0 Å². The summed E-state index contributed by atoms with van der Waals surface area (Å²) >= 11 is 0. The number of pyridine rings is 1. The molecule has 0 fully saturated rings. The second-order valence-corrected chi connectivity index (χ2v) is 3.60. The van der Waals surface area contributed by atoms with Crippen molar-refractivity contribution in [1.82, 2.24) is 25.1 Å². The number of halogens is 1. The molecule has 2 rings (SSSR count). The molecule has 0 saturated carbocycles. The molecule has 0 atom stereocenters. The highest BCUT2D eigenvalue weighted by Crippen LogP contribution is 2.09. The average molecular weight is 250 g/mol. The molecule has 2 aromatic heterocycles. The minimum atomic E-state index is -0.620. The highest BCUT2D eigenvalue weighted by atomic mass is 19.1. The van der Waals surface area contributed by atoms with Gasteiger partial charge in [0.05, 0.1) is 18.3 Å². The Hall–Kier alpha value is -2.51. The first-order valence-electron chi connectivity index (χ1n) is 5.10. The molecular formula is C10H11FN6O. The molecule has 2 heterocycles. The predicted octanol–water partition coefficient (Wildman–Crippen LogP) is -0.139. The molecule has 0 unspecified atom stereocenters. The van der Waals surface area contributed by atoms with E-state index in [1.165, 1.54) is 11.0 Å². The number of aryl methyl sites for hydroxylation is 1. The number of nitrogens with zero attached hydrogens (tertiary/aromatic N) is 4. The van der Waals surface area contributed by atoms with E-state index in [9.17, 15) is 9.18 Å². The number of anilines is 1. The van der Waals surface area contributed by atoms with Crippen LogP contribution in [0, 0.1) is 5.82 Å². The zero-order valence-corrected chi connectivity index (χ0v) is 9.59. The first-order chi connectivity index (χ1) is 8.56. The van der Waals surface area contributed by atoms with Crippen molar-refractivity contribution in [2.45, 2.75) is 6.54 Å². The number of hydrogen-bond acceptors (Lipinski definition) is 5. The third-order valence-corrected chi connectivity index (χ3v) is 2.18. The van der Waals surface area contributed by atoms with Crippen molar-refractivity contribution in [1.29, 1.82) is 0 Å². The summed E-state index contributed by atoms with van der Waals surface area (Å²) in [5.74, 6) is -0.714. The molecule has 3 N–H and O–H groups in total. The second kappa shape index (κ2) is 4.78. The van der Waals surface area contributed by atoms with Crippen LogP contribution in [0.25, 0.3) is 0 Å². The van der Waals surface area contributed by atoms with E-state index in [4.69, 9.17) is 5.73 Å². The van der Waals surface area contributed by atoms with E-state index in [1.807, 2.05) is 0 Å². The molecule has 2 aromatic rings. The number of carbonyl (C=O) groups excluding carboxylic acids is 1. The first kappa shape index (κ1) is 12.0. The number of amides is 1. The van der Waals surface area contributed by atoms with Gasteiger partial charge in [-0.05, 0) is 6.07 Å². The van der Waals surface area contributed by atoms with E-state index in [0.717, 1.165) is 12.3 Å². The summed E-state index contributed by atoms with van der Waals surface area (Å²) in [6.07, 6.45) is 2.46. The summed E-state index contributed by atoms with van der Waals surface area (Å²) in [5.41, 5.74) is 5.48. The zero-order chi connectivity index (χ0) is 13.1. The Labute approximate surface area is 102 Å². The standard InChI is InChI=1S/C10H11FN6O/c1-17-5-15-8(16-17)4-14-10(18)7-2-6(11)3-13-9(7)12/h2-3,5H,4H2,1H3,(H2,12,13)(H,14,18). The highest BCUT2D eigenvalue weighted by molar-refractivity contribution is 5.98. The number of nitrogens with one attached hydrogen (secondary N) is 1. The molecule has 0 spiro atoms. The molecular weight excluding hydrogens is 239 g/mol. The molecule has 8 heteroatoms. The van der Waals surface area contributed by atoms with Gasteiger partial charge in [-0.1, -0.05) is 0 Å². The van der Waals surface area contributed by atoms with E-state index in [1.54, 1.807) is 7.05 Å². The van der Waals surface area contributed by atoms with Gasteiger partial charge in [0.15, 0.2) is 5.82 Å². The number of aromatic nitrogens is 4. The lowest BCUT2D eigenvalue weighted by molar-refractivity contribution is 0.0950.